The maximum atomic E-state index is 9.87. The minimum absolute atomic E-state index is 0.654. The number of hydrogen-bond acceptors (Lipinski definition) is 2. The van der Waals surface area contributed by atoms with Crippen LogP contribution in [0.4, 0.5) is 0 Å². The Balaban J connectivity index is 2.00. The van der Waals surface area contributed by atoms with Crippen LogP contribution in [0.2, 0.25) is 0 Å². The average molecular weight is 155 g/mol. The molecule has 0 saturated carbocycles. The van der Waals surface area contributed by atoms with E-state index in [1.54, 1.807) is 0 Å². The van der Waals surface area contributed by atoms with Gasteiger partial charge in [-0.05, 0) is 38.3 Å². The molecule has 1 fully saturated rings. The minimum atomic E-state index is 0.654. The molecule has 3 nitrogen and oxygen atoms in total. The van der Waals surface area contributed by atoms with Crippen molar-refractivity contribution in [3.05, 3.63) is 0 Å². The third-order valence-electron chi connectivity index (χ3n) is 2.20. The van der Waals surface area contributed by atoms with Crippen molar-refractivity contribution in [1.82, 2.24) is 10.6 Å². The summed E-state index contributed by atoms with van der Waals surface area (Å²) in [5.41, 5.74) is 0. The van der Waals surface area contributed by atoms with Gasteiger partial charge in [-0.3, -0.25) is 10.1 Å². The summed E-state index contributed by atoms with van der Waals surface area (Å²) in [7, 11) is 0. The van der Waals surface area contributed by atoms with E-state index in [2.05, 4.69) is 10.6 Å². The van der Waals surface area contributed by atoms with Crippen LogP contribution in [-0.2, 0) is 4.79 Å². The summed E-state index contributed by atoms with van der Waals surface area (Å²) < 4.78 is 0. The fourth-order valence-electron chi connectivity index (χ4n) is 1.48. The molecule has 0 aliphatic carbocycles. The summed E-state index contributed by atoms with van der Waals surface area (Å²) in [5, 5.41) is 6.97. The molecule has 1 amide bonds. The molecule has 0 aromatic rings. The summed E-state index contributed by atoms with van der Waals surface area (Å²) >= 11 is 0. The molecule has 0 spiro atoms. The van der Waals surface area contributed by atoms with Gasteiger partial charge < -0.3 is 5.32 Å². The SMILES string of the molecule is O=C[N]CCC1CCNCC1. The second kappa shape index (κ2) is 5.13. The van der Waals surface area contributed by atoms with E-state index in [0.717, 1.165) is 25.4 Å². The van der Waals surface area contributed by atoms with Crippen LogP contribution in [0.3, 0.4) is 0 Å². The number of amides is 1. The second-order valence-electron chi connectivity index (χ2n) is 2.99. The molecule has 0 atom stereocenters. The first-order valence-corrected chi connectivity index (χ1v) is 4.24. The van der Waals surface area contributed by atoms with Crippen molar-refractivity contribution in [1.29, 1.82) is 0 Å². The largest absolute Gasteiger partial charge is 0.317 e. The van der Waals surface area contributed by atoms with Crippen LogP contribution in [0, 0.1) is 5.92 Å². The lowest BCUT2D eigenvalue weighted by Crippen LogP contribution is -2.28. The molecule has 63 valence electrons. The van der Waals surface area contributed by atoms with Gasteiger partial charge in [-0.2, -0.15) is 0 Å². The van der Waals surface area contributed by atoms with E-state index in [-0.39, 0.29) is 0 Å². The third-order valence-corrected chi connectivity index (χ3v) is 2.20. The summed E-state index contributed by atoms with van der Waals surface area (Å²) in [6.45, 7) is 2.98. The van der Waals surface area contributed by atoms with Crippen LogP contribution in [0.1, 0.15) is 19.3 Å². The van der Waals surface area contributed by atoms with Crippen molar-refractivity contribution in [3.8, 4) is 0 Å². The van der Waals surface area contributed by atoms with E-state index < -0.39 is 0 Å². The number of nitrogens with zero attached hydrogens (tertiary/aromatic N) is 1. The Kier molecular flexibility index (Phi) is 3.98. The van der Waals surface area contributed by atoms with Gasteiger partial charge >= 0.3 is 0 Å². The van der Waals surface area contributed by atoms with Gasteiger partial charge in [0.25, 0.3) is 0 Å². The molecule has 11 heavy (non-hydrogen) atoms. The first-order chi connectivity index (χ1) is 5.43. The first kappa shape index (κ1) is 8.53. The monoisotopic (exact) mass is 155 g/mol. The van der Waals surface area contributed by atoms with Crippen molar-refractivity contribution in [2.75, 3.05) is 19.6 Å². The standard InChI is InChI=1S/C8H15N2O/c11-7-10-6-3-8-1-4-9-5-2-8/h7-9H,1-6H2. The van der Waals surface area contributed by atoms with Gasteiger partial charge in [0.1, 0.15) is 0 Å². The lowest BCUT2D eigenvalue weighted by Gasteiger charge is -2.21. The minimum Gasteiger partial charge on any atom is -0.317 e. The predicted octanol–water partition coefficient (Wildman–Crippen LogP) is 0.137. The Morgan fingerprint density at radius 2 is 2.18 bits per heavy atom. The molecule has 0 aromatic carbocycles. The van der Waals surface area contributed by atoms with Crippen molar-refractivity contribution in [2.24, 2.45) is 5.92 Å². The van der Waals surface area contributed by atoms with Gasteiger partial charge in [-0.1, -0.05) is 0 Å². The number of hydrogen-bond donors (Lipinski definition) is 1. The molecule has 3 heteroatoms. The molecule has 1 heterocycles. The van der Waals surface area contributed by atoms with Crippen molar-refractivity contribution in [3.63, 3.8) is 0 Å². The normalized spacial score (nSPS) is 19.6. The highest BCUT2D eigenvalue weighted by atomic mass is 16.1. The highest BCUT2D eigenvalue weighted by molar-refractivity contribution is 5.45. The number of carbonyl (C=O) groups excluding carboxylic acids is 1. The molecule has 0 bridgehead atoms. The molecule has 1 saturated heterocycles. The molecule has 0 unspecified atom stereocenters. The van der Waals surface area contributed by atoms with Gasteiger partial charge in [0.15, 0.2) is 0 Å². The summed E-state index contributed by atoms with van der Waals surface area (Å²) in [6, 6.07) is 0. The summed E-state index contributed by atoms with van der Waals surface area (Å²) in [6.07, 6.45) is 4.23. The van der Waals surface area contributed by atoms with Crippen LogP contribution >= 0.6 is 0 Å². The maximum absolute atomic E-state index is 9.87. The molecule has 0 aromatic heterocycles. The van der Waals surface area contributed by atoms with Crippen molar-refractivity contribution >= 4 is 6.41 Å². The topological polar surface area (TPSA) is 43.2 Å². The Hall–Kier alpha value is -0.570. The zero-order chi connectivity index (χ0) is 7.94. The number of carbonyl (C=O) groups is 1. The highest BCUT2D eigenvalue weighted by Gasteiger charge is 2.11. The van der Waals surface area contributed by atoms with Crippen molar-refractivity contribution in [2.45, 2.75) is 19.3 Å². The Labute approximate surface area is 67.5 Å². The van der Waals surface area contributed by atoms with E-state index in [0.29, 0.717) is 13.0 Å². The van der Waals surface area contributed by atoms with E-state index in [1.807, 2.05) is 0 Å². The lowest BCUT2D eigenvalue weighted by atomic mass is 9.95. The fraction of sp³-hybridized carbons (Fsp3) is 0.875. The van der Waals surface area contributed by atoms with E-state index >= 15 is 0 Å². The molecule has 1 aliphatic heterocycles. The van der Waals surface area contributed by atoms with Gasteiger partial charge in [0.2, 0.25) is 6.41 Å². The zero-order valence-corrected chi connectivity index (χ0v) is 6.75. The number of piperidine rings is 1. The third kappa shape index (κ3) is 3.37. The summed E-state index contributed by atoms with van der Waals surface area (Å²) in [5.74, 6) is 0.792. The molecule has 1 radical (unpaired) electrons. The van der Waals surface area contributed by atoms with Gasteiger partial charge in [-0.15, -0.1) is 0 Å². The van der Waals surface area contributed by atoms with Crippen LogP contribution in [-0.4, -0.2) is 26.0 Å². The maximum Gasteiger partial charge on any atom is 0.228 e. The smallest absolute Gasteiger partial charge is 0.228 e. The Morgan fingerprint density at radius 1 is 1.45 bits per heavy atom. The van der Waals surface area contributed by atoms with Gasteiger partial charge in [0.05, 0.1) is 0 Å². The first-order valence-electron chi connectivity index (χ1n) is 4.24. The van der Waals surface area contributed by atoms with E-state index in [9.17, 15) is 4.79 Å². The van der Waals surface area contributed by atoms with Crippen LogP contribution in [0.25, 0.3) is 0 Å². The number of rotatable bonds is 4. The van der Waals surface area contributed by atoms with E-state index in [1.165, 1.54) is 12.8 Å². The van der Waals surface area contributed by atoms with Gasteiger partial charge in [-0.25, -0.2) is 0 Å². The molecular formula is C8H15N2O. The number of nitrogens with one attached hydrogen (secondary N) is 1. The van der Waals surface area contributed by atoms with Gasteiger partial charge in [0, 0.05) is 6.54 Å². The average Bonchev–Trinajstić information content (AvgIpc) is 2.07. The predicted molar refractivity (Wildman–Crippen MR) is 43.3 cm³/mol. The fourth-order valence-corrected chi connectivity index (χ4v) is 1.48. The molecular weight excluding hydrogens is 140 g/mol. The summed E-state index contributed by atoms with van der Waals surface area (Å²) in [4.78, 5) is 9.87. The molecule has 1 N–H and O–H groups in total. The lowest BCUT2D eigenvalue weighted by molar-refractivity contribution is -0.109. The second-order valence-corrected chi connectivity index (χ2v) is 2.99. The van der Waals surface area contributed by atoms with Crippen LogP contribution in [0.15, 0.2) is 0 Å². The van der Waals surface area contributed by atoms with Crippen LogP contribution < -0.4 is 10.6 Å². The molecule has 1 rings (SSSR count). The van der Waals surface area contributed by atoms with Crippen molar-refractivity contribution < 1.29 is 4.79 Å². The van der Waals surface area contributed by atoms with E-state index in [4.69, 9.17) is 0 Å². The highest BCUT2D eigenvalue weighted by Crippen LogP contribution is 2.14. The zero-order valence-electron chi connectivity index (χ0n) is 6.75. The van der Waals surface area contributed by atoms with Crippen LogP contribution in [0.5, 0.6) is 0 Å². The Morgan fingerprint density at radius 3 is 2.82 bits per heavy atom. The Bertz CT molecular complexity index is 111. The molecule has 1 aliphatic rings. The quantitative estimate of drug-likeness (QED) is 0.463.